The number of nitrogens with two attached hydrogens (primary N) is 1. The Morgan fingerprint density at radius 2 is 1.18 bits per heavy atom. The molecule has 4 rings (SSSR count). The van der Waals surface area contributed by atoms with Gasteiger partial charge in [0.2, 0.25) is 59.1 Å². The van der Waals surface area contributed by atoms with Crippen molar-refractivity contribution in [1.29, 1.82) is 0 Å². The molecule has 1 aromatic rings. The van der Waals surface area contributed by atoms with Gasteiger partial charge in [0.1, 0.15) is 54.1 Å². The van der Waals surface area contributed by atoms with Crippen molar-refractivity contribution in [3.8, 4) is 5.75 Å². The van der Waals surface area contributed by atoms with Gasteiger partial charge < -0.3 is 57.9 Å². The van der Waals surface area contributed by atoms with Gasteiger partial charge in [-0.1, -0.05) is 60.1 Å². The number of carbonyl (C=O) groups excluding carboxylic acids is 10. The lowest BCUT2D eigenvalue weighted by Gasteiger charge is -2.33. The lowest BCUT2D eigenvalue weighted by molar-refractivity contribution is -0.145. The van der Waals surface area contributed by atoms with Gasteiger partial charge in [-0.2, -0.15) is 0 Å². The van der Waals surface area contributed by atoms with Crippen molar-refractivity contribution in [2.24, 2.45) is 23.5 Å². The number of nitrogens with zero attached hydrogens (tertiary/aromatic N) is 2. The van der Waals surface area contributed by atoms with Crippen LogP contribution in [0.15, 0.2) is 24.3 Å². The van der Waals surface area contributed by atoms with E-state index in [2.05, 4.69) is 37.2 Å². The molecule has 10 amide bonds. The number of aromatic hydroxyl groups is 1. The van der Waals surface area contributed by atoms with Gasteiger partial charge in [0.05, 0.1) is 6.54 Å². The van der Waals surface area contributed by atoms with E-state index in [4.69, 9.17) is 5.73 Å². The quantitative estimate of drug-likeness (QED) is 0.135. The molecular weight excluding hydrogens is 881 g/mol. The Morgan fingerprint density at radius 1 is 0.662 bits per heavy atom. The number of fused-ring (bicyclic) bond motifs is 2. The fourth-order valence-corrected chi connectivity index (χ4v) is 8.70. The summed E-state index contributed by atoms with van der Waals surface area (Å²) in [5, 5.41) is 28.6. The number of carbonyl (C=O) groups is 10. The van der Waals surface area contributed by atoms with Crippen LogP contribution in [0.4, 0.5) is 0 Å². The van der Waals surface area contributed by atoms with E-state index in [1.54, 1.807) is 19.1 Å². The molecule has 9 atom stereocenters. The summed E-state index contributed by atoms with van der Waals surface area (Å²) in [6.07, 6.45) is 1.52. The lowest BCUT2D eigenvalue weighted by atomic mass is 9.97. The van der Waals surface area contributed by atoms with Gasteiger partial charge in [0, 0.05) is 25.9 Å². The van der Waals surface area contributed by atoms with Crippen molar-refractivity contribution >= 4 is 59.1 Å². The molecule has 21 nitrogen and oxygen atoms in total. The Bertz CT molecular complexity index is 2010. The molecule has 3 heterocycles. The van der Waals surface area contributed by atoms with E-state index >= 15 is 0 Å². The molecular formula is C47H72N10O11. The lowest BCUT2D eigenvalue weighted by Crippen LogP contribution is -2.60. The van der Waals surface area contributed by atoms with Crippen molar-refractivity contribution < 1.29 is 53.1 Å². The van der Waals surface area contributed by atoms with Crippen LogP contribution >= 0.6 is 0 Å². The van der Waals surface area contributed by atoms with Gasteiger partial charge in [-0.25, -0.2) is 0 Å². The van der Waals surface area contributed by atoms with Crippen LogP contribution in [0.25, 0.3) is 0 Å². The molecule has 21 heteroatoms. The van der Waals surface area contributed by atoms with Crippen LogP contribution in [0.1, 0.15) is 112 Å². The standard InChI is InChI=1S/C47H72N10O11/c1-8-27(6)39-47(68)57-20-10-12-36(57)45(66)54-34(22-26(4)5)46(67)56-19-9-11-35(56)44(65)51-31(17-18-37(48)59)42(63)50-28(7)40(61)52-33(23-29-13-15-30(58)16-14-29)43(64)53-32(21-25(2)3)41(62)49-24-38(60)55-39/h13-16,25-28,31-36,39,58H,8-12,17-24H2,1-7H3,(H2,48,59)(H,49,62)(H,50,63)(H,51,65)(H,52,61)(H,53,64)(H,54,66)(H,55,60)/t27-,28-,31-,32-,33-,34-,35-,36-,39-/m0/s1. The van der Waals surface area contributed by atoms with E-state index in [1.165, 1.54) is 28.9 Å². The normalized spacial score (nSPS) is 27.2. The number of amides is 10. The maximum absolute atomic E-state index is 14.4. The second kappa shape index (κ2) is 25.2. The number of hydrogen-bond donors (Lipinski definition) is 9. The third kappa shape index (κ3) is 15.4. The van der Waals surface area contributed by atoms with Crippen LogP contribution in [0, 0.1) is 17.8 Å². The highest BCUT2D eigenvalue weighted by Crippen LogP contribution is 2.25. The Morgan fingerprint density at radius 3 is 1.74 bits per heavy atom. The van der Waals surface area contributed by atoms with E-state index in [0.29, 0.717) is 31.2 Å². The van der Waals surface area contributed by atoms with Gasteiger partial charge in [-0.05, 0) is 87.3 Å². The summed E-state index contributed by atoms with van der Waals surface area (Å²) in [7, 11) is 0. The van der Waals surface area contributed by atoms with Crippen LogP contribution in [-0.2, 0) is 54.4 Å². The highest BCUT2D eigenvalue weighted by Gasteiger charge is 2.43. The molecule has 0 spiro atoms. The molecule has 0 aliphatic carbocycles. The minimum Gasteiger partial charge on any atom is -0.508 e. The zero-order valence-corrected chi connectivity index (χ0v) is 40.4. The van der Waals surface area contributed by atoms with E-state index in [0.717, 1.165) is 0 Å². The van der Waals surface area contributed by atoms with Crippen LogP contribution in [-0.4, -0.2) is 142 Å². The average Bonchev–Trinajstić information content (AvgIpc) is 3.99. The zero-order valence-electron chi connectivity index (χ0n) is 40.4. The van der Waals surface area contributed by atoms with Crippen molar-refractivity contribution in [2.45, 2.75) is 161 Å². The smallest absolute Gasteiger partial charge is 0.246 e. The number of phenols is 1. The highest BCUT2D eigenvalue weighted by molar-refractivity contribution is 5.99. The molecule has 3 aliphatic heterocycles. The largest absolute Gasteiger partial charge is 0.508 e. The molecule has 1 aromatic carbocycles. The number of benzene rings is 1. The van der Waals surface area contributed by atoms with Crippen LogP contribution < -0.4 is 43.0 Å². The second-order valence-corrected chi connectivity index (χ2v) is 19.1. The first kappa shape index (κ1) is 54.3. The van der Waals surface area contributed by atoms with Crippen LogP contribution in [0.5, 0.6) is 5.75 Å². The molecule has 376 valence electrons. The summed E-state index contributed by atoms with van der Waals surface area (Å²) in [5.74, 6) is -7.61. The zero-order chi connectivity index (χ0) is 50.4. The number of phenolic OH excluding ortho intramolecular Hbond substituents is 1. The molecule has 0 bridgehead atoms. The molecule has 3 fully saturated rings. The van der Waals surface area contributed by atoms with Crippen molar-refractivity contribution in [1.82, 2.24) is 47.0 Å². The summed E-state index contributed by atoms with van der Waals surface area (Å²) < 4.78 is 0. The second-order valence-electron chi connectivity index (χ2n) is 19.1. The van der Waals surface area contributed by atoms with E-state index < -0.39 is 120 Å². The number of primary amides is 1. The van der Waals surface area contributed by atoms with Crippen molar-refractivity contribution in [2.75, 3.05) is 19.6 Å². The summed E-state index contributed by atoms with van der Waals surface area (Å²) in [6.45, 7) is 12.2. The Balaban J connectivity index is 1.74. The van der Waals surface area contributed by atoms with E-state index in [-0.39, 0.29) is 69.2 Å². The predicted octanol–water partition coefficient (Wildman–Crippen LogP) is -0.621. The SMILES string of the molecule is CC[C@H](C)[C@@H]1NC(=O)CNC(=O)[C@H](CC(C)C)NC(=O)[C@H](Cc2ccc(O)cc2)NC(=O)[C@H](C)NC(=O)[C@H](CCC(N)=O)NC(=O)[C@@H]2CCCN2C(=O)[C@H](CC(C)C)NC(=O)[C@@H]2CCCN2C1=O. The predicted molar refractivity (Wildman–Crippen MR) is 248 cm³/mol. The van der Waals surface area contributed by atoms with Crippen molar-refractivity contribution in [3.05, 3.63) is 29.8 Å². The summed E-state index contributed by atoms with van der Waals surface area (Å²) in [6, 6.07) is -3.58. The summed E-state index contributed by atoms with van der Waals surface area (Å²) in [4.78, 5) is 141. The molecule has 3 saturated heterocycles. The molecule has 0 saturated carbocycles. The number of rotatable bonds is 11. The maximum atomic E-state index is 14.4. The maximum Gasteiger partial charge on any atom is 0.246 e. The molecule has 0 aromatic heterocycles. The van der Waals surface area contributed by atoms with Gasteiger partial charge in [-0.3, -0.25) is 47.9 Å². The first-order chi connectivity index (χ1) is 32.1. The Hall–Kier alpha value is -6.28. The fraction of sp³-hybridized carbons (Fsp3) is 0.660. The average molecular weight is 953 g/mol. The Kier molecular flexibility index (Phi) is 20.1. The summed E-state index contributed by atoms with van der Waals surface area (Å²) in [5.41, 5.74) is 5.95. The minimum absolute atomic E-state index is 0.0423. The molecule has 3 aliphatic rings. The van der Waals surface area contributed by atoms with Gasteiger partial charge in [0.15, 0.2) is 0 Å². The summed E-state index contributed by atoms with van der Waals surface area (Å²) >= 11 is 0. The third-order valence-electron chi connectivity index (χ3n) is 12.6. The molecule has 0 radical (unpaired) electrons. The minimum atomic E-state index is -1.39. The molecule has 10 N–H and O–H groups in total. The van der Waals surface area contributed by atoms with Crippen LogP contribution in [0.3, 0.4) is 0 Å². The topological polar surface area (TPSA) is 308 Å². The number of nitrogens with one attached hydrogen (secondary N) is 7. The fourth-order valence-electron chi connectivity index (χ4n) is 8.70. The van der Waals surface area contributed by atoms with Crippen molar-refractivity contribution in [3.63, 3.8) is 0 Å². The Labute approximate surface area is 397 Å². The molecule has 68 heavy (non-hydrogen) atoms. The first-order valence-corrected chi connectivity index (χ1v) is 23.9. The van der Waals surface area contributed by atoms with Gasteiger partial charge in [0.25, 0.3) is 0 Å². The first-order valence-electron chi connectivity index (χ1n) is 23.9. The monoisotopic (exact) mass is 953 g/mol. The van der Waals surface area contributed by atoms with Gasteiger partial charge >= 0.3 is 0 Å². The third-order valence-corrected chi connectivity index (χ3v) is 12.6. The number of hydrogen-bond acceptors (Lipinski definition) is 11. The highest BCUT2D eigenvalue weighted by atomic mass is 16.3. The van der Waals surface area contributed by atoms with Gasteiger partial charge in [-0.15, -0.1) is 0 Å². The van der Waals surface area contributed by atoms with Crippen LogP contribution in [0.2, 0.25) is 0 Å². The molecule has 0 unspecified atom stereocenters. The van der Waals surface area contributed by atoms with E-state index in [9.17, 15) is 53.1 Å². The van der Waals surface area contributed by atoms with E-state index in [1.807, 2.05) is 34.6 Å².